The average Bonchev–Trinajstić information content (AvgIpc) is 2.65. The zero-order valence-corrected chi connectivity index (χ0v) is 11.2. The number of nitrogens with zero attached hydrogens (tertiary/aromatic N) is 1. The van der Waals surface area contributed by atoms with Crippen LogP contribution in [0.1, 0.15) is 32.6 Å². The molecule has 0 aromatic carbocycles. The first-order valence-electron chi connectivity index (χ1n) is 6.21. The van der Waals surface area contributed by atoms with Crippen LogP contribution in [-0.4, -0.2) is 42.1 Å². The van der Waals surface area contributed by atoms with Gasteiger partial charge in [-0.1, -0.05) is 15.9 Å². The Kier molecular flexibility index (Phi) is 4.47. The fourth-order valence-electron chi connectivity index (χ4n) is 2.63. The number of rotatable bonds is 3. The molecule has 2 nitrogen and oxygen atoms in total. The van der Waals surface area contributed by atoms with Gasteiger partial charge in [0.2, 0.25) is 0 Å². The Hall–Kier alpha value is 0.400. The van der Waals surface area contributed by atoms with Crippen LogP contribution in [0, 0.1) is 5.92 Å². The van der Waals surface area contributed by atoms with E-state index in [1.807, 2.05) is 0 Å². The molecule has 0 spiro atoms. The summed E-state index contributed by atoms with van der Waals surface area (Å²) < 4.78 is 5.87. The second-order valence-electron chi connectivity index (χ2n) is 5.04. The molecule has 88 valence electrons. The Morgan fingerprint density at radius 3 is 2.47 bits per heavy atom. The Morgan fingerprint density at radius 2 is 1.93 bits per heavy atom. The first-order chi connectivity index (χ1) is 7.28. The van der Waals surface area contributed by atoms with Crippen LogP contribution in [0.15, 0.2) is 0 Å². The maximum Gasteiger partial charge on any atom is 0.0706 e. The van der Waals surface area contributed by atoms with Crippen LogP contribution in [0.4, 0.5) is 0 Å². The number of hydrogen-bond acceptors (Lipinski definition) is 2. The first-order valence-corrected chi connectivity index (χ1v) is 7.34. The zero-order valence-electron chi connectivity index (χ0n) is 9.62. The smallest absolute Gasteiger partial charge is 0.0706 e. The van der Waals surface area contributed by atoms with E-state index in [0.29, 0.717) is 12.2 Å². The van der Waals surface area contributed by atoms with E-state index in [9.17, 15) is 0 Å². The van der Waals surface area contributed by atoms with Crippen molar-refractivity contribution < 1.29 is 4.74 Å². The summed E-state index contributed by atoms with van der Waals surface area (Å²) in [5.41, 5.74) is 0. The Bertz CT molecular complexity index is 192. The maximum absolute atomic E-state index is 5.87. The summed E-state index contributed by atoms with van der Waals surface area (Å²) in [7, 11) is 0. The van der Waals surface area contributed by atoms with Gasteiger partial charge in [-0.3, -0.25) is 0 Å². The third-order valence-electron chi connectivity index (χ3n) is 3.71. The minimum atomic E-state index is 0.495. The van der Waals surface area contributed by atoms with Gasteiger partial charge >= 0.3 is 0 Å². The SMILES string of the molecule is CC1CCC(CN2CCC(CBr)CC2)O1. The number of alkyl halides is 1. The molecule has 2 aliphatic rings. The Morgan fingerprint density at radius 1 is 1.20 bits per heavy atom. The van der Waals surface area contributed by atoms with E-state index in [1.54, 1.807) is 0 Å². The van der Waals surface area contributed by atoms with Crippen LogP contribution in [0.5, 0.6) is 0 Å². The summed E-state index contributed by atoms with van der Waals surface area (Å²) in [5.74, 6) is 0.907. The molecule has 0 N–H and O–H groups in total. The highest BCUT2D eigenvalue weighted by Gasteiger charge is 2.26. The van der Waals surface area contributed by atoms with Gasteiger partial charge in [-0.2, -0.15) is 0 Å². The van der Waals surface area contributed by atoms with Crippen molar-refractivity contribution >= 4 is 15.9 Å². The highest BCUT2D eigenvalue weighted by molar-refractivity contribution is 9.09. The van der Waals surface area contributed by atoms with Gasteiger partial charge in [-0.25, -0.2) is 0 Å². The third-order valence-corrected chi connectivity index (χ3v) is 4.62. The van der Waals surface area contributed by atoms with Crippen LogP contribution in [-0.2, 0) is 4.74 Å². The van der Waals surface area contributed by atoms with E-state index in [0.717, 1.165) is 5.92 Å². The zero-order chi connectivity index (χ0) is 10.7. The van der Waals surface area contributed by atoms with E-state index in [1.165, 1.54) is 50.6 Å². The highest BCUT2D eigenvalue weighted by Crippen LogP contribution is 2.23. The van der Waals surface area contributed by atoms with Crippen molar-refractivity contribution in [1.82, 2.24) is 4.90 Å². The van der Waals surface area contributed by atoms with Crippen molar-refractivity contribution in [2.75, 3.05) is 25.0 Å². The molecule has 2 aliphatic heterocycles. The van der Waals surface area contributed by atoms with Gasteiger partial charge in [-0.15, -0.1) is 0 Å². The lowest BCUT2D eigenvalue weighted by Gasteiger charge is -2.32. The van der Waals surface area contributed by atoms with E-state index >= 15 is 0 Å². The molecule has 2 fully saturated rings. The monoisotopic (exact) mass is 275 g/mol. The van der Waals surface area contributed by atoms with Gasteiger partial charge in [0.15, 0.2) is 0 Å². The van der Waals surface area contributed by atoms with Crippen molar-refractivity contribution in [3.05, 3.63) is 0 Å². The lowest BCUT2D eigenvalue weighted by atomic mass is 9.99. The van der Waals surface area contributed by atoms with Gasteiger partial charge in [0, 0.05) is 11.9 Å². The van der Waals surface area contributed by atoms with Crippen LogP contribution in [0.3, 0.4) is 0 Å². The third kappa shape index (κ3) is 3.43. The van der Waals surface area contributed by atoms with Gasteiger partial charge in [0.1, 0.15) is 0 Å². The molecule has 2 atom stereocenters. The normalized spacial score (nSPS) is 34.8. The molecule has 0 aliphatic carbocycles. The predicted molar refractivity (Wildman–Crippen MR) is 66.5 cm³/mol. The fraction of sp³-hybridized carbons (Fsp3) is 1.00. The van der Waals surface area contributed by atoms with Gasteiger partial charge in [-0.05, 0) is 51.6 Å². The second kappa shape index (κ2) is 5.65. The van der Waals surface area contributed by atoms with Crippen molar-refractivity contribution in [2.24, 2.45) is 5.92 Å². The van der Waals surface area contributed by atoms with Crippen LogP contribution >= 0.6 is 15.9 Å². The van der Waals surface area contributed by atoms with Crippen LogP contribution < -0.4 is 0 Å². The molecule has 0 bridgehead atoms. The topological polar surface area (TPSA) is 12.5 Å². The summed E-state index contributed by atoms with van der Waals surface area (Å²) in [5, 5.41) is 1.18. The lowest BCUT2D eigenvalue weighted by molar-refractivity contribution is 0.0248. The molecule has 2 saturated heterocycles. The molecule has 0 aromatic rings. The standard InChI is InChI=1S/C12H22BrNO/c1-10-2-3-12(15-10)9-14-6-4-11(8-13)5-7-14/h10-12H,2-9H2,1H3. The largest absolute Gasteiger partial charge is 0.374 e. The molecule has 2 unspecified atom stereocenters. The minimum absolute atomic E-state index is 0.495. The average molecular weight is 276 g/mol. The van der Waals surface area contributed by atoms with E-state index < -0.39 is 0 Å². The number of ether oxygens (including phenoxy) is 1. The van der Waals surface area contributed by atoms with Crippen LogP contribution in [0.25, 0.3) is 0 Å². The molecule has 3 heteroatoms. The molecule has 0 saturated carbocycles. The van der Waals surface area contributed by atoms with Gasteiger partial charge < -0.3 is 9.64 Å². The molecular weight excluding hydrogens is 254 g/mol. The molecule has 0 aromatic heterocycles. The summed E-state index contributed by atoms with van der Waals surface area (Å²) in [6.45, 7) is 5.89. The van der Waals surface area contributed by atoms with Crippen LogP contribution in [0.2, 0.25) is 0 Å². The van der Waals surface area contributed by atoms with E-state index in [-0.39, 0.29) is 0 Å². The van der Waals surface area contributed by atoms with Crippen molar-refractivity contribution in [2.45, 2.75) is 44.8 Å². The number of halogens is 1. The molecule has 0 radical (unpaired) electrons. The molecule has 0 amide bonds. The van der Waals surface area contributed by atoms with Crippen molar-refractivity contribution in [3.63, 3.8) is 0 Å². The molecule has 2 rings (SSSR count). The fourth-order valence-corrected chi connectivity index (χ4v) is 3.28. The summed E-state index contributed by atoms with van der Waals surface area (Å²) in [6.07, 6.45) is 6.24. The van der Waals surface area contributed by atoms with Crippen molar-refractivity contribution in [3.8, 4) is 0 Å². The highest BCUT2D eigenvalue weighted by atomic mass is 79.9. The molecule has 2 heterocycles. The van der Waals surface area contributed by atoms with E-state index in [4.69, 9.17) is 4.74 Å². The van der Waals surface area contributed by atoms with E-state index in [2.05, 4.69) is 27.8 Å². The van der Waals surface area contributed by atoms with Crippen molar-refractivity contribution in [1.29, 1.82) is 0 Å². The number of likely N-dealkylation sites (tertiary alicyclic amines) is 1. The first kappa shape index (κ1) is 11.9. The number of piperidine rings is 1. The minimum Gasteiger partial charge on any atom is -0.374 e. The maximum atomic E-state index is 5.87. The second-order valence-corrected chi connectivity index (χ2v) is 5.69. The Balaban J connectivity index is 1.68. The predicted octanol–water partition coefficient (Wildman–Crippen LogP) is 2.66. The lowest BCUT2D eigenvalue weighted by Crippen LogP contribution is -2.39. The molecular formula is C12H22BrNO. The van der Waals surface area contributed by atoms with Gasteiger partial charge in [0.25, 0.3) is 0 Å². The van der Waals surface area contributed by atoms with Gasteiger partial charge in [0.05, 0.1) is 12.2 Å². The quantitative estimate of drug-likeness (QED) is 0.735. The summed E-state index contributed by atoms with van der Waals surface area (Å²) >= 11 is 3.58. The number of hydrogen-bond donors (Lipinski definition) is 0. The summed E-state index contributed by atoms with van der Waals surface area (Å²) in [4.78, 5) is 2.59. The summed E-state index contributed by atoms with van der Waals surface area (Å²) in [6, 6.07) is 0. The Labute approximate surface area is 101 Å². The molecule has 15 heavy (non-hydrogen) atoms.